The van der Waals surface area contributed by atoms with Crippen LogP contribution in [0.2, 0.25) is 0 Å². The van der Waals surface area contributed by atoms with Crippen LogP contribution in [0.5, 0.6) is 0 Å². The summed E-state index contributed by atoms with van der Waals surface area (Å²) in [6, 6.07) is 6.34. The number of sulfonamides is 1. The summed E-state index contributed by atoms with van der Waals surface area (Å²) in [6.45, 7) is 5.50. The zero-order chi connectivity index (χ0) is 15.6. The second-order valence-electron chi connectivity index (χ2n) is 5.08. The first-order valence-electron chi connectivity index (χ1n) is 6.60. The van der Waals surface area contributed by atoms with E-state index in [0.29, 0.717) is 5.69 Å². The van der Waals surface area contributed by atoms with Gasteiger partial charge in [-0.1, -0.05) is 0 Å². The molecular weight excluding hydrogens is 286 g/mol. The van der Waals surface area contributed by atoms with E-state index < -0.39 is 10.0 Å². The molecule has 1 heterocycles. The van der Waals surface area contributed by atoms with E-state index in [1.807, 2.05) is 13.8 Å². The minimum absolute atomic E-state index is 0.184. The Morgan fingerprint density at radius 3 is 2.38 bits per heavy atom. The van der Waals surface area contributed by atoms with E-state index in [1.54, 1.807) is 37.5 Å². The normalized spacial score (nSPS) is 13.1. The van der Waals surface area contributed by atoms with Crippen LogP contribution in [0.25, 0.3) is 0 Å². The van der Waals surface area contributed by atoms with Crippen molar-refractivity contribution in [2.45, 2.75) is 31.7 Å². The molecular formula is C15H19N3O2S. The van der Waals surface area contributed by atoms with Crippen LogP contribution in [0.1, 0.15) is 29.7 Å². The van der Waals surface area contributed by atoms with Crippen LogP contribution in [0.3, 0.4) is 0 Å². The van der Waals surface area contributed by atoms with Gasteiger partial charge in [-0.25, -0.2) is 13.1 Å². The van der Waals surface area contributed by atoms with Gasteiger partial charge in [-0.2, -0.15) is 0 Å². The van der Waals surface area contributed by atoms with E-state index in [9.17, 15) is 8.42 Å². The lowest BCUT2D eigenvalue weighted by Gasteiger charge is -2.16. The summed E-state index contributed by atoms with van der Waals surface area (Å²) in [5.41, 5.74) is 8.94. The van der Waals surface area contributed by atoms with Gasteiger partial charge in [-0.15, -0.1) is 0 Å². The molecule has 0 saturated carbocycles. The predicted molar refractivity (Wildman–Crippen MR) is 83.3 cm³/mol. The van der Waals surface area contributed by atoms with Crippen molar-refractivity contribution < 1.29 is 8.42 Å². The number of aromatic nitrogens is 1. The van der Waals surface area contributed by atoms with Gasteiger partial charge in [-0.05, 0) is 61.7 Å². The first kappa shape index (κ1) is 15.5. The van der Waals surface area contributed by atoms with Gasteiger partial charge in [0, 0.05) is 24.1 Å². The monoisotopic (exact) mass is 305 g/mol. The Kier molecular flexibility index (Phi) is 4.29. The SMILES string of the molecule is Cc1cc(S(=O)(=O)NC(C)c2ccncc2)cc(N)c1C. The standard InChI is InChI=1S/C15H19N3O2S/c1-10-8-14(9-15(16)11(10)2)21(19,20)18-12(3)13-4-6-17-7-5-13/h4-9,12,18H,16H2,1-3H3. The summed E-state index contributed by atoms with van der Waals surface area (Å²) in [7, 11) is -3.62. The number of benzene rings is 1. The van der Waals surface area contributed by atoms with Crippen molar-refractivity contribution in [3.05, 3.63) is 53.3 Å². The van der Waals surface area contributed by atoms with Crippen molar-refractivity contribution in [3.63, 3.8) is 0 Å². The molecule has 1 unspecified atom stereocenters. The van der Waals surface area contributed by atoms with Gasteiger partial charge >= 0.3 is 0 Å². The average Bonchev–Trinajstić information content (AvgIpc) is 2.44. The Balaban J connectivity index is 2.31. The molecule has 1 aromatic carbocycles. The summed E-state index contributed by atoms with van der Waals surface area (Å²) >= 11 is 0. The van der Waals surface area contributed by atoms with Gasteiger partial charge in [0.05, 0.1) is 4.90 Å². The predicted octanol–water partition coefficient (Wildman–Crippen LogP) is 2.32. The molecule has 2 aromatic rings. The lowest BCUT2D eigenvalue weighted by atomic mass is 10.1. The van der Waals surface area contributed by atoms with Crippen molar-refractivity contribution in [3.8, 4) is 0 Å². The topological polar surface area (TPSA) is 85.1 Å². The van der Waals surface area contributed by atoms with E-state index in [0.717, 1.165) is 16.7 Å². The maximum Gasteiger partial charge on any atom is 0.241 e. The molecule has 0 bridgehead atoms. The number of aryl methyl sites for hydroxylation is 1. The number of hydrogen-bond donors (Lipinski definition) is 2. The minimum Gasteiger partial charge on any atom is -0.398 e. The molecule has 0 fully saturated rings. The van der Waals surface area contributed by atoms with E-state index in [-0.39, 0.29) is 10.9 Å². The second kappa shape index (κ2) is 5.83. The van der Waals surface area contributed by atoms with Gasteiger partial charge in [0.25, 0.3) is 0 Å². The molecule has 112 valence electrons. The molecule has 6 heteroatoms. The Morgan fingerprint density at radius 2 is 1.81 bits per heavy atom. The minimum atomic E-state index is -3.62. The van der Waals surface area contributed by atoms with Crippen molar-refractivity contribution >= 4 is 15.7 Å². The van der Waals surface area contributed by atoms with Crippen molar-refractivity contribution in [1.82, 2.24) is 9.71 Å². The fraction of sp³-hybridized carbons (Fsp3) is 0.267. The first-order chi connectivity index (χ1) is 9.81. The smallest absolute Gasteiger partial charge is 0.241 e. The third-order valence-corrected chi connectivity index (χ3v) is 5.05. The Labute approximate surface area is 125 Å². The van der Waals surface area contributed by atoms with Gasteiger partial charge in [0.1, 0.15) is 0 Å². The third kappa shape index (κ3) is 3.40. The van der Waals surface area contributed by atoms with Crippen LogP contribution >= 0.6 is 0 Å². The zero-order valence-electron chi connectivity index (χ0n) is 12.3. The number of nitrogens with two attached hydrogens (primary N) is 1. The molecule has 21 heavy (non-hydrogen) atoms. The van der Waals surface area contributed by atoms with E-state index in [1.165, 1.54) is 6.07 Å². The summed E-state index contributed by atoms with van der Waals surface area (Å²) < 4.78 is 27.6. The number of nitrogens with one attached hydrogen (secondary N) is 1. The second-order valence-corrected chi connectivity index (χ2v) is 6.79. The molecule has 0 spiro atoms. The first-order valence-corrected chi connectivity index (χ1v) is 8.08. The maximum absolute atomic E-state index is 12.4. The lowest BCUT2D eigenvalue weighted by molar-refractivity contribution is 0.566. The van der Waals surface area contributed by atoms with Crippen LogP contribution in [-0.2, 0) is 10.0 Å². The van der Waals surface area contributed by atoms with Crippen molar-refractivity contribution in [1.29, 1.82) is 0 Å². The third-order valence-electron chi connectivity index (χ3n) is 3.53. The number of rotatable bonds is 4. The molecule has 2 rings (SSSR count). The Hall–Kier alpha value is -1.92. The molecule has 0 aliphatic carbocycles. The van der Waals surface area contributed by atoms with Crippen LogP contribution in [0.15, 0.2) is 41.6 Å². The number of nitrogen functional groups attached to an aromatic ring is 1. The fourth-order valence-electron chi connectivity index (χ4n) is 2.03. The summed E-state index contributed by atoms with van der Waals surface area (Å²) in [5, 5.41) is 0. The summed E-state index contributed by atoms with van der Waals surface area (Å²) in [6.07, 6.45) is 3.27. The number of anilines is 1. The van der Waals surface area contributed by atoms with Crippen LogP contribution < -0.4 is 10.5 Å². The molecule has 1 atom stereocenters. The molecule has 0 aliphatic rings. The highest BCUT2D eigenvalue weighted by Gasteiger charge is 2.19. The number of pyridine rings is 1. The summed E-state index contributed by atoms with van der Waals surface area (Å²) in [5.74, 6) is 0. The van der Waals surface area contributed by atoms with E-state index in [2.05, 4.69) is 9.71 Å². The number of nitrogens with zero attached hydrogens (tertiary/aromatic N) is 1. The van der Waals surface area contributed by atoms with Gasteiger partial charge in [-0.3, -0.25) is 4.98 Å². The largest absolute Gasteiger partial charge is 0.398 e. The van der Waals surface area contributed by atoms with Crippen molar-refractivity contribution in [2.24, 2.45) is 0 Å². The van der Waals surface area contributed by atoms with Gasteiger partial charge in [0.15, 0.2) is 0 Å². The lowest BCUT2D eigenvalue weighted by Crippen LogP contribution is -2.27. The van der Waals surface area contributed by atoms with Crippen LogP contribution in [0, 0.1) is 13.8 Å². The van der Waals surface area contributed by atoms with Gasteiger partial charge in [0.2, 0.25) is 10.0 Å². The molecule has 3 N–H and O–H groups in total. The average molecular weight is 305 g/mol. The highest BCUT2D eigenvalue weighted by Crippen LogP contribution is 2.23. The van der Waals surface area contributed by atoms with Crippen LogP contribution in [-0.4, -0.2) is 13.4 Å². The van der Waals surface area contributed by atoms with Gasteiger partial charge < -0.3 is 5.73 Å². The van der Waals surface area contributed by atoms with E-state index >= 15 is 0 Å². The van der Waals surface area contributed by atoms with Crippen molar-refractivity contribution in [2.75, 3.05) is 5.73 Å². The maximum atomic E-state index is 12.4. The highest BCUT2D eigenvalue weighted by atomic mass is 32.2. The molecule has 0 amide bonds. The molecule has 5 nitrogen and oxygen atoms in total. The molecule has 0 saturated heterocycles. The molecule has 0 radical (unpaired) electrons. The Bertz CT molecular complexity index is 720. The zero-order valence-corrected chi connectivity index (χ0v) is 13.1. The summed E-state index contributed by atoms with van der Waals surface area (Å²) in [4.78, 5) is 4.11. The number of hydrogen-bond acceptors (Lipinski definition) is 4. The quantitative estimate of drug-likeness (QED) is 0.849. The van der Waals surface area contributed by atoms with E-state index in [4.69, 9.17) is 5.73 Å². The van der Waals surface area contributed by atoms with Crippen LogP contribution in [0.4, 0.5) is 5.69 Å². The highest BCUT2D eigenvalue weighted by molar-refractivity contribution is 7.89. The Morgan fingerprint density at radius 1 is 1.19 bits per heavy atom. The fourth-order valence-corrected chi connectivity index (χ4v) is 3.38. The molecule has 0 aliphatic heterocycles. The molecule has 1 aromatic heterocycles.